The van der Waals surface area contributed by atoms with Crippen molar-refractivity contribution in [3.8, 4) is 0 Å². The zero-order valence-corrected chi connectivity index (χ0v) is 7.47. The number of hydrogen-bond acceptors (Lipinski definition) is 5. The predicted molar refractivity (Wildman–Crippen MR) is 43.3 cm³/mol. The van der Waals surface area contributed by atoms with Crippen molar-refractivity contribution < 1.29 is 24.5 Å². The van der Waals surface area contributed by atoms with Crippen LogP contribution in [0.25, 0.3) is 0 Å². The minimum Gasteiger partial charge on any atom is -0.393 e. The Labute approximate surface area is 76.3 Å². The summed E-state index contributed by atoms with van der Waals surface area (Å²) in [5.41, 5.74) is 0. The van der Waals surface area contributed by atoms with Gasteiger partial charge in [0.2, 0.25) is 0 Å². The molecular formula is C8H14O5. The first-order chi connectivity index (χ1) is 6.19. The summed E-state index contributed by atoms with van der Waals surface area (Å²) in [4.78, 5) is 11.1. The number of hydrogen-bond donors (Lipinski definition) is 2. The SMILES string of the molecule is COC[C@@H]1OC(CO)C(=O)CC1O. The van der Waals surface area contributed by atoms with Crippen LogP contribution in [-0.4, -0.2) is 54.6 Å². The van der Waals surface area contributed by atoms with Crippen LogP contribution in [0.1, 0.15) is 6.42 Å². The molecule has 3 atom stereocenters. The normalized spacial score (nSPS) is 35.0. The maximum atomic E-state index is 11.1. The minimum atomic E-state index is -0.824. The fourth-order valence-corrected chi connectivity index (χ4v) is 1.31. The third-order valence-electron chi connectivity index (χ3n) is 2.03. The highest BCUT2D eigenvalue weighted by molar-refractivity contribution is 5.84. The van der Waals surface area contributed by atoms with Gasteiger partial charge in [0.15, 0.2) is 5.78 Å². The highest BCUT2D eigenvalue weighted by Crippen LogP contribution is 2.16. The number of rotatable bonds is 3. The Bertz CT molecular complexity index is 181. The lowest BCUT2D eigenvalue weighted by atomic mass is 10.0. The molecule has 5 nitrogen and oxygen atoms in total. The second kappa shape index (κ2) is 4.66. The van der Waals surface area contributed by atoms with Crippen molar-refractivity contribution in [2.24, 2.45) is 0 Å². The first-order valence-electron chi connectivity index (χ1n) is 4.15. The van der Waals surface area contributed by atoms with Crippen molar-refractivity contribution in [3.05, 3.63) is 0 Å². The maximum absolute atomic E-state index is 11.1. The number of ketones is 1. The van der Waals surface area contributed by atoms with Gasteiger partial charge in [0.05, 0.1) is 19.3 Å². The van der Waals surface area contributed by atoms with E-state index < -0.39 is 18.3 Å². The first kappa shape index (κ1) is 10.6. The topological polar surface area (TPSA) is 76.0 Å². The quantitative estimate of drug-likeness (QED) is 0.579. The average Bonchev–Trinajstić information content (AvgIpc) is 2.10. The van der Waals surface area contributed by atoms with Gasteiger partial charge in [-0.3, -0.25) is 4.79 Å². The maximum Gasteiger partial charge on any atom is 0.166 e. The van der Waals surface area contributed by atoms with E-state index in [0.717, 1.165) is 0 Å². The number of methoxy groups -OCH3 is 1. The van der Waals surface area contributed by atoms with E-state index in [1.807, 2.05) is 0 Å². The molecule has 13 heavy (non-hydrogen) atoms. The molecule has 0 amide bonds. The van der Waals surface area contributed by atoms with Crippen LogP contribution < -0.4 is 0 Å². The molecule has 0 aromatic carbocycles. The van der Waals surface area contributed by atoms with Crippen molar-refractivity contribution >= 4 is 5.78 Å². The molecule has 1 aliphatic rings. The fraction of sp³-hybridized carbons (Fsp3) is 0.875. The summed E-state index contributed by atoms with van der Waals surface area (Å²) in [6.45, 7) is -0.114. The van der Waals surface area contributed by atoms with Gasteiger partial charge >= 0.3 is 0 Å². The van der Waals surface area contributed by atoms with Crippen molar-refractivity contribution in [2.75, 3.05) is 20.3 Å². The summed E-state index contributed by atoms with van der Waals surface area (Å²) in [5, 5.41) is 18.1. The van der Waals surface area contributed by atoms with Gasteiger partial charge in [0, 0.05) is 13.5 Å². The van der Waals surface area contributed by atoms with Crippen LogP contribution in [0.3, 0.4) is 0 Å². The largest absolute Gasteiger partial charge is 0.393 e. The van der Waals surface area contributed by atoms with Crippen LogP contribution in [0, 0.1) is 0 Å². The molecule has 0 saturated carbocycles. The van der Waals surface area contributed by atoms with Crippen molar-refractivity contribution in [2.45, 2.75) is 24.7 Å². The molecule has 2 unspecified atom stereocenters. The summed E-state index contributed by atoms with van der Waals surface area (Å²) < 4.78 is 9.93. The number of aliphatic hydroxyl groups is 2. The van der Waals surface area contributed by atoms with E-state index >= 15 is 0 Å². The van der Waals surface area contributed by atoms with Gasteiger partial charge in [0.25, 0.3) is 0 Å². The zero-order chi connectivity index (χ0) is 9.84. The molecule has 1 fully saturated rings. The molecule has 0 aromatic heterocycles. The van der Waals surface area contributed by atoms with Gasteiger partial charge in [-0.25, -0.2) is 0 Å². The Hall–Kier alpha value is -0.490. The third kappa shape index (κ3) is 2.47. The van der Waals surface area contributed by atoms with Gasteiger partial charge in [-0.2, -0.15) is 0 Å². The van der Waals surface area contributed by atoms with E-state index in [1.165, 1.54) is 7.11 Å². The Balaban J connectivity index is 2.53. The second-order valence-electron chi connectivity index (χ2n) is 3.04. The summed E-state index contributed by atoms with van der Waals surface area (Å²) in [6.07, 6.45) is -2.11. The molecular weight excluding hydrogens is 176 g/mol. The standard InChI is InChI=1S/C8H14O5/c1-12-4-8-6(11)2-5(10)7(3-9)13-8/h6-9,11H,2-4H2,1H3/t6?,7?,8-/m0/s1. The minimum absolute atomic E-state index is 0.0270. The van der Waals surface area contributed by atoms with Crippen molar-refractivity contribution in [1.82, 2.24) is 0 Å². The molecule has 2 N–H and O–H groups in total. The number of ether oxygens (including phenoxy) is 2. The lowest BCUT2D eigenvalue weighted by Crippen LogP contribution is -2.48. The smallest absolute Gasteiger partial charge is 0.166 e. The van der Waals surface area contributed by atoms with Crippen LogP contribution in [-0.2, 0) is 14.3 Å². The Morgan fingerprint density at radius 3 is 2.92 bits per heavy atom. The van der Waals surface area contributed by atoms with Crippen LogP contribution in [0.4, 0.5) is 0 Å². The van der Waals surface area contributed by atoms with Gasteiger partial charge in [-0.1, -0.05) is 0 Å². The summed E-state index contributed by atoms with van der Waals surface area (Å²) in [7, 11) is 1.49. The second-order valence-corrected chi connectivity index (χ2v) is 3.04. The van der Waals surface area contributed by atoms with Crippen molar-refractivity contribution in [3.63, 3.8) is 0 Å². The third-order valence-corrected chi connectivity index (χ3v) is 2.03. The molecule has 1 aliphatic heterocycles. The Kier molecular flexibility index (Phi) is 3.80. The Morgan fingerprint density at radius 1 is 1.69 bits per heavy atom. The lowest BCUT2D eigenvalue weighted by molar-refractivity contribution is -0.169. The summed E-state index contributed by atoms with van der Waals surface area (Å²) in [6, 6.07) is 0. The van der Waals surface area contributed by atoms with Crippen LogP contribution >= 0.6 is 0 Å². The van der Waals surface area contributed by atoms with E-state index in [1.54, 1.807) is 0 Å². The predicted octanol–water partition coefficient (Wildman–Crippen LogP) is -1.29. The molecule has 1 saturated heterocycles. The number of carbonyl (C=O) groups excluding carboxylic acids is 1. The lowest BCUT2D eigenvalue weighted by Gasteiger charge is -2.31. The van der Waals surface area contributed by atoms with E-state index in [4.69, 9.17) is 14.6 Å². The van der Waals surface area contributed by atoms with Crippen LogP contribution in [0.15, 0.2) is 0 Å². The van der Waals surface area contributed by atoms with Gasteiger partial charge in [-0.05, 0) is 0 Å². The first-order valence-corrected chi connectivity index (χ1v) is 4.15. The summed E-state index contributed by atoms with van der Waals surface area (Å²) >= 11 is 0. The summed E-state index contributed by atoms with van der Waals surface area (Å²) in [5.74, 6) is -0.262. The molecule has 0 spiro atoms. The molecule has 1 heterocycles. The Morgan fingerprint density at radius 2 is 2.38 bits per heavy atom. The monoisotopic (exact) mass is 190 g/mol. The molecule has 0 aliphatic carbocycles. The average molecular weight is 190 g/mol. The van der Waals surface area contributed by atoms with Gasteiger partial charge in [-0.15, -0.1) is 0 Å². The number of carbonyl (C=O) groups is 1. The van der Waals surface area contributed by atoms with E-state index in [-0.39, 0.29) is 25.4 Å². The molecule has 0 bridgehead atoms. The number of Topliss-reactive ketones (excluding diaryl/α,β-unsaturated/α-hetero) is 1. The van der Waals surface area contributed by atoms with Gasteiger partial charge < -0.3 is 19.7 Å². The van der Waals surface area contributed by atoms with E-state index in [9.17, 15) is 9.90 Å². The zero-order valence-electron chi connectivity index (χ0n) is 7.47. The molecule has 76 valence electrons. The van der Waals surface area contributed by atoms with Crippen LogP contribution in [0.5, 0.6) is 0 Å². The fourth-order valence-electron chi connectivity index (χ4n) is 1.31. The highest BCUT2D eigenvalue weighted by Gasteiger charge is 2.35. The van der Waals surface area contributed by atoms with Gasteiger partial charge in [0.1, 0.15) is 12.2 Å². The molecule has 1 rings (SSSR count). The van der Waals surface area contributed by atoms with Crippen LogP contribution in [0.2, 0.25) is 0 Å². The van der Waals surface area contributed by atoms with E-state index in [2.05, 4.69) is 0 Å². The molecule has 5 heteroatoms. The number of aliphatic hydroxyl groups excluding tert-OH is 2. The van der Waals surface area contributed by atoms with E-state index in [0.29, 0.717) is 0 Å². The molecule has 0 aromatic rings. The molecule has 0 radical (unpaired) electrons. The highest BCUT2D eigenvalue weighted by atomic mass is 16.6. The van der Waals surface area contributed by atoms with Crippen molar-refractivity contribution in [1.29, 1.82) is 0 Å².